The Balaban J connectivity index is 2.31. The summed E-state index contributed by atoms with van der Waals surface area (Å²) in [6.07, 6.45) is 1.97. The van der Waals surface area contributed by atoms with Gasteiger partial charge >= 0.3 is 0 Å². The van der Waals surface area contributed by atoms with E-state index in [0.29, 0.717) is 31.7 Å². The number of nitrogens with one attached hydrogen (secondary N) is 1. The van der Waals surface area contributed by atoms with Gasteiger partial charge in [-0.25, -0.2) is 0 Å². The number of nitrogens with two attached hydrogens (primary N) is 1. The summed E-state index contributed by atoms with van der Waals surface area (Å²) in [4.78, 5) is 14.2. The molecule has 1 atom stereocenters. The van der Waals surface area contributed by atoms with Crippen LogP contribution in [0.2, 0.25) is 0 Å². The second-order valence-corrected chi connectivity index (χ2v) is 5.69. The van der Waals surface area contributed by atoms with E-state index in [-0.39, 0.29) is 11.9 Å². The average Bonchev–Trinajstić information content (AvgIpc) is 2.37. The van der Waals surface area contributed by atoms with Crippen molar-refractivity contribution in [2.75, 3.05) is 32.8 Å². The van der Waals surface area contributed by atoms with Crippen LogP contribution in [0.15, 0.2) is 0 Å². The molecule has 0 aromatic carbocycles. The maximum absolute atomic E-state index is 12.0. The lowest BCUT2D eigenvalue weighted by molar-refractivity contribution is -0.124. The molecule has 0 aliphatic carbocycles. The monoisotopic (exact) mass is 271 g/mol. The third-order valence-electron chi connectivity index (χ3n) is 3.65. The van der Waals surface area contributed by atoms with E-state index in [0.717, 1.165) is 25.9 Å². The van der Waals surface area contributed by atoms with Crippen LogP contribution in [-0.4, -0.2) is 55.7 Å². The van der Waals surface area contributed by atoms with E-state index in [1.165, 1.54) is 0 Å². The molecule has 5 nitrogen and oxygen atoms in total. The summed E-state index contributed by atoms with van der Waals surface area (Å²) in [6.45, 7) is 9.76. The molecule has 1 aliphatic rings. The van der Waals surface area contributed by atoms with Crippen LogP contribution in [0.4, 0.5) is 0 Å². The normalized spacial score (nSPS) is 19.6. The van der Waals surface area contributed by atoms with Crippen molar-refractivity contribution in [1.82, 2.24) is 10.2 Å². The number of likely N-dealkylation sites (tertiary alicyclic amines) is 1. The second-order valence-electron chi connectivity index (χ2n) is 5.69. The van der Waals surface area contributed by atoms with Crippen LogP contribution in [0.25, 0.3) is 0 Å². The Bertz CT molecular complexity index is 263. The maximum atomic E-state index is 12.0. The Labute approximate surface area is 116 Å². The van der Waals surface area contributed by atoms with Crippen LogP contribution in [-0.2, 0) is 9.53 Å². The number of piperidine rings is 1. The number of amides is 1. The summed E-state index contributed by atoms with van der Waals surface area (Å²) in [5, 5.41) is 3.07. The van der Waals surface area contributed by atoms with E-state index in [1.807, 2.05) is 6.92 Å². The third kappa shape index (κ3) is 6.36. The largest absolute Gasteiger partial charge is 0.380 e. The smallest absolute Gasteiger partial charge is 0.234 e. The van der Waals surface area contributed by atoms with Gasteiger partial charge in [0, 0.05) is 25.7 Å². The Kier molecular flexibility index (Phi) is 7.34. The quantitative estimate of drug-likeness (QED) is 0.711. The highest BCUT2D eigenvalue weighted by atomic mass is 16.5. The summed E-state index contributed by atoms with van der Waals surface area (Å²) in [5.74, 6) is 0.471. The van der Waals surface area contributed by atoms with Gasteiger partial charge in [-0.2, -0.15) is 0 Å². The number of hydrogen-bond acceptors (Lipinski definition) is 4. The molecule has 1 heterocycles. The molecule has 0 saturated carbocycles. The molecule has 1 fully saturated rings. The van der Waals surface area contributed by atoms with Gasteiger partial charge < -0.3 is 15.8 Å². The van der Waals surface area contributed by atoms with Gasteiger partial charge in [0.2, 0.25) is 5.91 Å². The van der Waals surface area contributed by atoms with Crippen molar-refractivity contribution >= 4 is 5.91 Å². The van der Waals surface area contributed by atoms with Crippen LogP contribution < -0.4 is 11.1 Å². The minimum absolute atomic E-state index is 0.0916. The van der Waals surface area contributed by atoms with Crippen molar-refractivity contribution in [2.45, 2.75) is 45.7 Å². The first-order valence-corrected chi connectivity index (χ1v) is 7.38. The first kappa shape index (κ1) is 16.4. The minimum Gasteiger partial charge on any atom is -0.380 e. The summed E-state index contributed by atoms with van der Waals surface area (Å²) in [6, 6.07) is 0.403. The summed E-state index contributed by atoms with van der Waals surface area (Å²) in [7, 11) is 0. The topological polar surface area (TPSA) is 67.6 Å². The molecule has 5 heteroatoms. The third-order valence-corrected chi connectivity index (χ3v) is 3.65. The number of ether oxygens (including phenoxy) is 1. The molecule has 1 amide bonds. The van der Waals surface area contributed by atoms with Gasteiger partial charge in [0.05, 0.1) is 19.2 Å². The molecular formula is C14H29N3O2. The van der Waals surface area contributed by atoms with E-state index in [9.17, 15) is 4.79 Å². The molecular weight excluding hydrogens is 242 g/mol. The van der Waals surface area contributed by atoms with Crippen LogP contribution in [0, 0.1) is 5.92 Å². The minimum atomic E-state index is 0.0916. The van der Waals surface area contributed by atoms with Gasteiger partial charge in [-0.3, -0.25) is 9.69 Å². The zero-order valence-corrected chi connectivity index (χ0v) is 12.5. The van der Waals surface area contributed by atoms with Crippen LogP contribution >= 0.6 is 0 Å². The summed E-state index contributed by atoms with van der Waals surface area (Å²) >= 11 is 0. The highest BCUT2D eigenvalue weighted by molar-refractivity contribution is 5.78. The van der Waals surface area contributed by atoms with Crippen LogP contribution in [0.5, 0.6) is 0 Å². The van der Waals surface area contributed by atoms with Gasteiger partial charge in [0.15, 0.2) is 0 Å². The van der Waals surface area contributed by atoms with Crippen molar-refractivity contribution in [3.8, 4) is 0 Å². The van der Waals surface area contributed by atoms with Gasteiger partial charge in [-0.05, 0) is 25.7 Å². The molecule has 0 aromatic heterocycles. The lowest BCUT2D eigenvalue weighted by atomic mass is 10.0. The first-order valence-electron chi connectivity index (χ1n) is 7.38. The Morgan fingerprint density at radius 3 is 2.58 bits per heavy atom. The first-order chi connectivity index (χ1) is 9.02. The number of hydrogen-bond donors (Lipinski definition) is 2. The van der Waals surface area contributed by atoms with Crippen molar-refractivity contribution < 1.29 is 9.53 Å². The Morgan fingerprint density at radius 2 is 2.05 bits per heavy atom. The molecule has 1 rings (SSSR count). The predicted molar refractivity (Wildman–Crippen MR) is 76.9 cm³/mol. The molecule has 1 unspecified atom stereocenters. The molecule has 19 heavy (non-hydrogen) atoms. The Hall–Kier alpha value is -0.650. The van der Waals surface area contributed by atoms with Gasteiger partial charge in [-0.1, -0.05) is 13.8 Å². The summed E-state index contributed by atoms with van der Waals surface area (Å²) in [5.41, 5.74) is 5.86. The molecule has 3 N–H and O–H groups in total. The highest BCUT2D eigenvalue weighted by Crippen LogP contribution is 2.08. The molecule has 0 aromatic rings. The van der Waals surface area contributed by atoms with Gasteiger partial charge in [-0.15, -0.1) is 0 Å². The number of rotatable bonds is 7. The van der Waals surface area contributed by atoms with Crippen molar-refractivity contribution in [1.29, 1.82) is 0 Å². The zero-order chi connectivity index (χ0) is 14.3. The van der Waals surface area contributed by atoms with Gasteiger partial charge in [0.1, 0.15) is 0 Å². The fourth-order valence-electron chi connectivity index (χ4n) is 2.21. The van der Waals surface area contributed by atoms with E-state index >= 15 is 0 Å². The second kappa shape index (κ2) is 8.51. The molecule has 112 valence electrons. The maximum Gasteiger partial charge on any atom is 0.234 e. The molecule has 1 saturated heterocycles. The average molecular weight is 271 g/mol. The number of carbonyl (C=O) groups excluding carboxylic acids is 1. The van der Waals surface area contributed by atoms with E-state index in [4.69, 9.17) is 10.5 Å². The molecule has 1 aliphatic heterocycles. The Morgan fingerprint density at radius 1 is 1.42 bits per heavy atom. The van der Waals surface area contributed by atoms with Crippen molar-refractivity contribution in [3.05, 3.63) is 0 Å². The summed E-state index contributed by atoms with van der Waals surface area (Å²) < 4.78 is 5.42. The highest BCUT2D eigenvalue weighted by Gasteiger charge is 2.21. The van der Waals surface area contributed by atoms with E-state index < -0.39 is 0 Å². The lowest BCUT2D eigenvalue weighted by Gasteiger charge is -2.30. The van der Waals surface area contributed by atoms with Crippen LogP contribution in [0.3, 0.4) is 0 Å². The van der Waals surface area contributed by atoms with Gasteiger partial charge in [0.25, 0.3) is 0 Å². The fourth-order valence-corrected chi connectivity index (χ4v) is 2.21. The molecule has 0 bridgehead atoms. The zero-order valence-electron chi connectivity index (χ0n) is 12.5. The molecule has 0 radical (unpaired) electrons. The fraction of sp³-hybridized carbons (Fsp3) is 0.929. The van der Waals surface area contributed by atoms with E-state index in [1.54, 1.807) is 0 Å². The lowest BCUT2D eigenvalue weighted by Crippen LogP contribution is -2.48. The number of nitrogens with zero attached hydrogens (tertiary/aromatic N) is 1. The van der Waals surface area contributed by atoms with Crippen LogP contribution in [0.1, 0.15) is 33.6 Å². The number of carbonyl (C=O) groups is 1. The van der Waals surface area contributed by atoms with Crippen molar-refractivity contribution in [3.63, 3.8) is 0 Å². The van der Waals surface area contributed by atoms with Crippen molar-refractivity contribution in [2.24, 2.45) is 11.7 Å². The predicted octanol–water partition coefficient (Wildman–Crippen LogP) is 0.587. The molecule has 0 spiro atoms. The van der Waals surface area contributed by atoms with E-state index in [2.05, 4.69) is 24.1 Å². The SMILES string of the molecule is CCOCC(NC(=O)CN1CCC(N)CC1)C(C)C. The standard InChI is InChI=1S/C14H29N3O2/c1-4-19-10-13(11(2)3)16-14(18)9-17-7-5-12(15)6-8-17/h11-13H,4-10,15H2,1-3H3,(H,16,18).